The Balaban J connectivity index is 1.57. The van der Waals surface area contributed by atoms with E-state index in [1.165, 1.54) is 12.1 Å². The monoisotopic (exact) mass is 344 g/mol. The van der Waals surface area contributed by atoms with Crippen molar-refractivity contribution < 1.29 is 18.7 Å². The first-order chi connectivity index (χ1) is 12.1. The standard InChI is InChI=1S/C19H21FN2O3/c20-14-4-1-3-13(9-14)12-24-16-6-2-5-15(10-16)22-19(23)18-8-7-17(11-21)25-18/h1-6,9-10,17-18H,7-8,11-12,21H2,(H,22,23)/t17-,18+/m1/s1. The molecule has 1 saturated heterocycles. The van der Waals surface area contributed by atoms with Gasteiger partial charge in [-0.15, -0.1) is 0 Å². The summed E-state index contributed by atoms with van der Waals surface area (Å²) in [6.07, 6.45) is 0.955. The molecule has 3 N–H and O–H groups in total. The largest absolute Gasteiger partial charge is 0.489 e. The molecule has 1 aliphatic rings. The molecule has 132 valence electrons. The van der Waals surface area contributed by atoms with Crippen LogP contribution in [0.25, 0.3) is 0 Å². The van der Waals surface area contributed by atoms with Gasteiger partial charge in [0.1, 0.15) is 24.3 Å². The van der Waals surface area contributed by atoms with E-state index in [2.05, 4.69) is 5.32 Å². The Hall–Kier alpha value is -2.44. The fourth-order valence-corrected chi connectivity index (χ4v) is 2.75. The molecular formula is C19H21FN2O3. The van der Waals surface area contributed by atoms with Crippen LogP contribution in [0.1, 0.15) is 18.4 Å². The minimum Gasteiger partial charge on any atom is -0.489 e. The van der Waals surface area contributed by atoms with E-state index < -0.39 is 6.10 Å². The van der Waals surface area contributed by atoms with Crippen molar-refractivity contribution in [2.24, 2.45) is 5.73 Å². The van der Waals surface area contributed by atoms with Crippen LogP contribution in [0.3, 0.4) is 0 Å². The molecule has 1 fully saturated rings. The van der Waals surface area contributed by atoms with Gasteiger partial charge >= 0.3 is 0 Å². The first-order valence-electron chi connectivity index (χ1n) is 8.28. The highest BCUT2D eigenvalue weighted by molar-refractivity contribution is 5.94. The molecule has 0 bridgehead atoms. The predicted octanol–water partition coefficient (Wildman–Crippen LogP) is 2.85. The Bertz CT molecular complexity index is 738. The Kier molecular flexibility index (Phi) is 5.63. The minimum atomic E-state index is -0.467. The topological polar surface area (TPSA) is 73.6 Å². The summed E-state index contributed by atoms with van der Waals surface area (Å²) in [5, 5.41) is 2.83. The molecule has 0 aliphatic carbocycles. The molecule has 1 amide bonds. The van der Waals surface area contributed by atoms with Crippen molar-refractivity contribution >= 4 is 11.6 Å². The maximum Gasteiger partial charge on any atom is 0.253 e. The number of hydrogen-bond acceptors (Lipinski definition) is 4. The van der Waals surface area contributed by atoms with Crippen LogP contribution in [0, 0.1) is 5.82 Å². The number of rotatable bonds is 6. The normalized spacial score (nSPS) is 19.6. The molecule has 1 heterocycles. The lowest BCUT2D eigenvalue weighted by Crippen LogP contribution is -2.29. The number of carbonyl (C=O) groups excluding carboxylic acids is 1. The van der Waals surface area contributed by atoms with Crippen LogP contribution < -0.4 is 15.8 Å². The third-order valence-electron chi connectivity index (χ3n) is 4.06. The average molecular weight is 344 g/mol. The number of carbonyl (C=O) groups is 1. The molecule has 2 aromatic carbocycles. The zero-order chi connectivity index (χ0) is 17.6. The third-order valence-corrected chi connectivity index (χ3v) is 4.06. The molecule has 3 rings (SSSR count). The van der Waals surface area contributed by atoms with E-state index in [0.717, 1.165) is 12.0 Å². The van der Waals surface area contributed by atoms with E-state index >= 15 is 0 Å². The van der Waals surface area contributed by atoms with Crippen LogP contribution in [0.2, 0.25) is 0 Å². The number of nitrogens with one attached hydrogen (secondary N) is 1. The molecule has 0 radical (unpaired) electrons. The van der Waals surface area contributed by atoms with Gasteiger partial charge in [0.25, 0.3) is 5.91 Å². The number of nitrogens with two attached hydrogens (primary N) is 1. The van der Waals surface area contributed by atoms with Crippen LogP contribution in [0.15, 0.2) is 48.5 Å². The number of amides is 1. The Morgan fingerprint density at radius 2 is 2.08 bits per heavy atom. The Morgan fingerprint density at radius 1 is 1.24 bits per heavy atom. The quantitative estimate of drug-likeness (QED) is 0.845. The first kappa shape index (κ1) is 17.4. The molecule has 25 heavy (non-hydrogen) atoms. The van der Waals surface area contributed by atoms with Gasteiger partial charge < -0.3 is 20.5 Å². The minimum absolute atomic E-state index is 0.0447. The summed E-state index contributed by atoms with van der Waals surface area (Å²) in [6.45, 7) is 0.673. The molecule has 5 nitrogen and oxygen atoms in total. The van der Waals surface area contributed by atoms with Gasteiger partial charge in [0, 0.05) is 18.3 Å². The van der Waals surface area contributed by atoms with Crippen LogP contribution in [0.5, 0.6) is 5.75 Å². The first-order valence-corrected chi connectivity index (χ1v) is 8.28. The number of ether oxygens (including phenoxy) is 2. The summed E-state index contributed by atoms with van der Waals surface area (Å²) in [5.74, 6) is 0.113. The fourth-order valence-electron chi connectivity index (χ4n) is 2.75. The van der Waals surface area contributed by atoms with Crippen LogP contribution in [-0.4, -0.2) is 24.7 Å². The summed E-state index contributed by atoms with van der Waals surface area (Å²) in [5.41, 5.74) is 6.93. The van der Waals surface area contributed by atoms with Gasteiger partial charge in [-0.2, -0.15) is 0 Å². The van der Waals surface area contributed by atoms with Crippen LogP contribution in [-0.2, 0) is 16.1 Å². The van der Waals surface area contributed by atoms with Crippen molar-refractivity contribution in [1.82, 2.24) is 0 Å². The lowest BCUT2D eigenvalue weighted by molar-refractivity contribution is -0.126. The van der Waals surface area contributed by atoms with E-state index in [4.69, 9.17) is 15.2 Å². The van der Waals surface area contributed by atoms with Crippen molar-refractivity contribution in [3.63, 3.8) is 0 Å². The van der Waals surface area contributed by atoms with E-state index in [1.54, 1.807) is 36.4 Å². The smallest absolute Gasteiger partial charge is 0.253 e. The van der Waals surface area contributed by atoms with Gasteiger partial charge in [-0.3, -0.25) is 4.79 Å². The maximum absolute atomic E-state index is 13.2. The van der Waals surface area contributed by atoms with Crippen molar-refractivity contribution in [2.45, 2.75) is 31.7 Å². The van der Waals surface area contributed by atoms with E-state index in [0.29, 0.717) is 24.4 Å². The van der Waals surface area contributed by atoms with Crippen molar-refractivity contribution in [2.75, 3.05) is 11.9 Å². The van der Waals surface area contributed by atoms with Gasteiger partial charge in [0.15, 0.2) is 0 Å². The second-order valence-corrected chi connectivity index (χ2v) is 6.00. The van der Waals surface area contributed by atoms with Gasteiger partial charge in [-0.1, -0.05) is 18.2 Å². The summed E-state index contributed by atoms with van der Waals surface area (Å²) < 4.78 is 24.4. The SMILES string of the molecule is NC[C@H]1CC[C@@H](C(=O)Nc2cccc(OCc3cccc(F)c3)c2)O1. The van der Waals surface area contributed by atoms with E-state index in [-0.39, 0.29) is 24.4 Å². The molecule has 2 atom stereocenters. The van der Waals surface area contributed by atoms with E-state index in [1.807, 2.05) is 0 Å². The van der Waals surface area contributed by atoms with Gasteiger partial charge in [0.05, 0.1) is 6.10 Å². The lowest BCUT2D eigenvalue weighted by Gasteiger charge is -2.13. The van der Waals surface area contributed by atoms with E-state index in [9.17, 15) is 9.18 Å². The zero-order valence-corrected chi connectivity index (χ0v) is 13.8. The number of hydrogen-bond donors (Lipinski definition) is 2. The Morgan fingerprint density at radius 3 is 2.84 bits per heavy atom. The van der Waals surface area contributed by atoms with Crippen LogP contribution >= 0.6 is 0 Å². The highest BCUT2D eigenvalue weighted by Crippen LogP contribution is 2.22. The highest BCUT2D eigenvalue weighted by Gasteiger charge is 2.29. The van der Waals surface area contributed by atoms with Gasteiger partial charge in [-0.25, -0.2) is 4.39 Å². The molecule has 0 unspecified atom stereocenters. The summed E-state index contributed by atoms with van der Waals surface area (Å²) in [4.78, 5) is 12.2. The Labute approximate surface area is 145 Å². The lowest BCUT2D eigenvalue weighted by atomic mass is 10.2. The van der Waals surface area contributed by atoms with Crippen molar-refractivity contribution in [1.29, 1.82) is 0 Å². The molecule has 1 aliphatic heterocycles. The highest BCUT2D eigenvalue weighted by atomic mass is 19.1. The zero-order valence-electron chi connectivity index (χ0n) is 13.8. The predicted molar refractivity (Wildman–Crippen MR) is 92.8 cm³/mol. The van der Waals surface area contributed by atoms with Crippen molar-refractivity contribution in [3.05, 3.63) is 59.9 Å². The molecule has 2 aromatic rings. The van der Waals surface area contributed by atoms with Gasteiger partial charge in [-0.05, 0) is 42.7 Å². The molecule has 6 heteroatoms. The molecule has 0 aromatic heterocycles. The van der Waals surface area contributed by atoms with Gasteiger partial charge in [0.2, 0.25) is 0 Å². The molecule has 0 spiro atoms. The summed E-state index contributed by atoms with van der Waals surface area (Å²) >= 11 is 0. The summed E-state index contributed by atoms with van der Waals surface area (Å²) in [6, 6.07) is 13.3. The molecule has 0 saturated carbocycles. The summed E-state index contributed by atoms with van der Waals surface area (Å²) in [7, 11) is 0. The number of benzene rings is 2. The number of halogens is 1. The van der Waals surface area contributed by atoms with Crippen LogP contribution in [0.4, 0.5) is 10.1 Å². The number of anilines is 1. The third kappa shape index (κ3) is 4.78. The molecular weight excluding hydrogens is 323 g/mol. The van der Waals surface area contributed by atoms with Crippen molar-refractivity contribution in [3.8, 4) is 5.75 Å². The average Bonchev–Trinajstić information content (AvgIpc) is 3.10. The second kappa shape index (κ2) is 8.09. The maximum atomic E-state index is 13.2. The fraction of sp³-hybridized carbons (Fsp3) is 0.316. The second-order valence-electron chi connectivity index (χ2n) is 6.00.